The Labute approximate surface area is 265 Å². The Balaban J connectivity index is 1.37. The van der Waals surface area contributed by atoms with Crippen LogP contribution in [0.25, 0.3) is 0 Å². The molecule has 6 rings (SSSR count). The van der Waals surface area contributed by atoms with Crippen LogP contribution in [0.1, 0.15) is 21.9 Å². The van der Waals surface area contributed by atoms with E-state index in [9.17, 15) is 32.3 Å². The fraction of sp³-hybridized carbons (Fsp3) is 0.200. The number of carbonyl (C=O) groups is 3. The van der Waals surface area contributed by atoms with E-state index < -0.39 is 58.0 Å². The Hall–Kier alpha value is -3.88. The Morgan fingerprint density at radius 2 is 1.73 bits per heavy atom. The normalized spacial score (nSPS) is 19.5. The summed E-state index contributed by atoms with van der Waals surface area (Å²) in [7, 11) is 1.51. The van der Waals surface area contributed by atoms with Crippen molar-refractivity contribution in [3.8, 4) is 5.75 Å². The smallest absolute Gasteiger partial charge is 0.416 e. The lowest BCUT2D eigenvalue weighted by Crippen LogP contribution is -2.33. The molecule has 1 fully saturated rings. The molecule has 44 heavy (non-hydrogen) atoms. The molecule has 0 saturated carbocycles. The number of halogens is 4. The molecule has 8 nitrogen and oxygen atoms in total. The van der Waals surface area contributed by atoms with Crippen LogP contribution >= 0.6 is 39.0 Å². The van der Waals surface area contributed by atoms with Gasteiger partial charge in [0, 0.05) is 21.0 Å². The summed E-state index contributed by atoms with van der Waals surface area (Å²) in [6.45, 7) is -0.499. The zero-order chi connectivity index (χ0) is 31.3. The standard InChI is InChI=1S/C30H21BrF3N3O5S2/c1-42-20-10-8-19(9-11-20)37-26(39)23-22(15-4-2-6-17(31)12-15)25-28(43-24(23)27(37)40)36(29(41)44-25)14-21(38)35-18-7-3-5-16(13-18)30(32,33)34/h2-13,22-24H,14H2,1H3,(H,35,38). The molecule has 3 aromatic carbocycles. The Morgan fingerprint density at radius 3 is 2.41 bits per heavy atom. The third-order valence-electron chi connectivity index (χ3n) is 7.36. The van der Waals surface area contributed by atoms with Gasteiger partial charge in [-0.05, 0) is 60.2 Å². The first-order chi connectivity index (χ1) is 21.0. The number of benzene rings is 3. The molecule has 0 bridgehead atoms. The first-order valence-electron chi connectivity index (χ1n) is 13.1. The molecular weight excluding hydrogens is 683 g/mol. The van der Waals surface area contributed by atoms with Crippen molar-refractivity contribution in [1.82, 2.24) is 4.57 Å². The van der Waals surface area contributed by atoms with E-state index in [-0.39, 0.29) is 5.69 Å². The average molecular weight is 705 g/mol. The number of carbonyl (C=O) groups excluding carboxylic acids is 3. The summed E-state index contributed by atoms with van der Waals surface area (Å²) in [4.78, 5) is 55.3. The van der Waals surface area contributed by atoms with Crippen LogP contribution in [0.5, 0.6) is 5.75 Å². The third-order valence-corrected chi connectivity index (χ3v) is 10.5. The van der Waals surface area contributed by atoms with Crippen molar-refractivity contribution in [2.24, 2.45) is 5.92 Å². The van der Waals surface area contributed by atoms with Gasteiger partial charge in [-0.3, -0.25) is 23.7 Å². The van der Waals surface area contributed by atoms with Crippen molar-refractivity contribution < 1.29 is 32.3 Å². The van der Waals surface area contributed by atoms with Gasteiger partial charge in [-0.2, -0.15) is 13.2 Å². The van der Waals surface area contributed by atoms with E-state index in [1.54, 1.807) is 30.3 Å². The molecule has 1 aromatic heterocycles. The van der Waals surface area contributed by atoms with Gasteiger partial charge in [0.1, 0.15) is 17.5 Å². The van der Waals surface area contributed by atoms with Crippen molar-refractivity contribution in [3.05, 3.63) is 103 Å². The molecule has 3 amide bonds. The number of nitrogens with zero attached hydrogens (tertiary/aromatic N) is 2. The quantitative estimate of drug-likeness (QED) is 0.243. The molecule has 4 aromatic rings. The molecule has 3 atom stereocenters. The van der Waals surface area contributed by atoms with Crippen LogP contribution in [0.2, 0.25) is 0 Å². The van der Waals surface area contributed by atoms with Crippen LogP contribution in [-0.2, 0) is 27.1 Å². The number of alkyl halides is 3. The monoisotopic (exact) mass is 703 g/mol. The molecule has 2 aliphatic heterocycles. The van der Waals surface area contributed by atoms with Crippen LogP contribution in [0.4, 0.5) is 24.5 Å². The third kappa shape index (κ3) is 5.46. The number of imide groups is 1. The van der Waals surface area contributed by atoms with Crippen LogP contribution in [0.15, 0.2) is 87.1 Å². The highest BCUT2D eigenvalue weighted by atomic mass is 79.9. The highest BCUT2D eigenvalue weighted by Crippen LogP contribution is 2.54. The molecule has 1 saturated heterocycles. The number of nitrogens with one attached hydrogen (secondary N) is 1. The molecule has 3 heterocycles. The van der Waals surface area contributed by atoms with Gasteiger partial charge in [0.15, 0.2) is 0 Å². The summed E-state index contributed by atoms with van der Waals surface area (Å²) in [5.74, 6) is -2.54. The summed E-state index contributed by atoms with van der Waals surface area (Å²) in [5.41, 5.74) is 0.0820. The first kappa shape index (κ1) is 30.2. The number of thioether (sulfide) groups is 1. The number of anilines is 2. The van der Waals surface area contributed by atoms with Crippen molar-refractivity contribution in [2.45, 2.75) is 28.9 Å². The van der Waals surface area contributed by atoms with Crippen molar-refractivity contribution in [1.29, 1.82) is 0 Å². The van der Waals surface area contributed by atoms with Gasteiger partial charge in [0.05, 0.1) is 29.3 Å². The number of thiazole rings is 1. The van der Waals surface area contributed by atoms with E-state index >= 15 is 0 Å². The number of hydrogen-bond acceptors (Lipinski definition) is 7. The number of amides is 3. The first-order valence-corrected chi connectivity index (χ1v) is 15.6. The minimum Gasteiger partial charge on any atom is -0.497 e. The number of rotatable bonds is 6. The largest absolute Gasteiger partial charge is 0.497 e. The summed E-state index contributed by atoms with van der Waals surface area (Å²) in [6, 6.07) is 18.0. The maximum Gasteiger partial charge on any atom is 0.416 e. The minimum atomic E-state index is -4.59. The molecule has 2 aliphatic rings. The zero-order valence-corrected chi connectivity index (χ0v) is 25.9. The van der Waals surface area contributed by atoms with E-state index in [1.807, 2.05) is 18.2 Å². The number of ether oxygens (including phenoxy) is 1. The van der Waals surface area contributed by atoms with Crippen molar-refractivity contribution in [2.75, 3.05) is 17.3 Å². The summed E-state index contributed by atoms with van der Waals surface area (Å²) >= 11 is 5.39. The lowest BCUT2D eigenvalue weighted by atomic mass is 9.83. The van der Waals surface area contributed by atoms with E-state index in [0.717, 1.165) is 44.6 Å². The van der Waals surface area contributed by atoms with Crippen LogP contribution < -0.4 is 19.8 Å². The van der Waals surface area contributed by atoms with Gasteiger partial charge in [0.25, 0.3) is 0 Å². The second-order valence-corrected chi connectivity index (χ2v) is 13.1. The predicted molar refractivity (Wildman–Crippen MR) is 163 cm³/mol. The fourth-order valence-electron chi connectivity index (χ4n) is 5.42. The average Bonchev–Trinajstić information content (AvgIpc) is 3.43. The van der Waals surface area contributed by atoms with Crippen LogP contribution in [0.3, 0.4) is 0 Å². The second-order valence-electron chi connectivity index (χ2n) is 10.1. The maximum atomic E-state index is 14.0. The molecular formula is C30H21BrF3N3O5S2. The van der Waals surface area contributed by atoms with E-state index in [4.69, 9.17) is 4.74 Å². The van der Waals surface area contributed by atoms with Gasteiger partial charge < -0.3 is 10.1 Å². The van der Waals surface area contributed by atoms with Gasteiger partial charge in [-0.15, -0.1) is 0 Å². The van der Waals surface area contributed by atoms with Gasteiger partial charge in [-0.1, -0.05) is 57.2 Å². The Morgan fingerprint density at radius 1 is 1.00 bits per heavy atom. The van der Waals surface area contributed by atoms with Gasteiger partial charge >= 0.3 is 11.0 Å². The van der Waals surface area contributed by atoms with Crippen LogP contribution in [-0.4, -0.2) is 34.6 Å². The number of aromatic nitrogens is 1. The second kappa shape index (κ2) is 11.6. The topological polar surface area (TPSA) is 97.7 Å². The van der Waals surface area contributed by atoms with E-state index in [0.29, 0.717) is 26.9 Å². The van der Waals surface area contributed by atoms with E-state index in [2.05, 4.69) is 21.2 Å². The van der Waals surface area contributed by atoms with Crippen molar-refractivity contribution in [3.63, 3.8) is 0 Å². The lowest BCUT2D eigenvalue weighted by molar-refractivity contribution is -0.137. The fourth-order valence-corrected chi connectivity index (χ4v) is 8.61. The highest BCUT2D eigenvalue weighted by molar-refractivity contribution is 9.10. The maximum absolute atomic E-state index is 14.0. The number of hydrogen-bond donors (Lipinski definition) is 1. The SMILES string of the molecule is COc1ccc(N2C(=O)C3Sc4c(sc(=O)n4CC(=O)Nc4cccc(C(F)(F)F)c4)C(c4cccc(Br)c4)C3C2=O)cc1. The molecule has 0 radical (unpaired) electrons. The molecule has 1 N–H and O–H groups in total. The summed E-state index contributed by atoms with van der Waals surface area (Å²) in [5, 5.41) is 1.90. The minimum absolute atomic E-state index is 0.0756. The number of fused-ring (bicyclic) bond motifs is 2. The van der Waals surface area contributed by atoms with Gasteiger partial charge in [-0.25, -0.2) is 4.90 Å². The molecule has 0 aliphatic carbocycles. The lowest BCUT2D eigenvalue weighted by Gasteiger charge is -2.30. The Kier molecular flexibility index (Phi) is 7.92. The summed E-state index contributed by atoms with van der Waals surface area (Å²) in [6.07, 6.45) is -4.59. The molecule has 226 valence electrons. The van der Waals surface area contributed by atoms with Gasteiger partial charge in [0.2, 0.25) is 17.7 Å². The predicted octanol–water partition coefficient (Wildman–Crippen LogP) is 6.13. The van der Waals surface area contributed by atoms with Crippen LogP contribution in [0, 0.1) is 5.92 Å². The van der Waals surface area contributed by atoms with E-state index in [1.165, 1.54) is 23.8 Å². The Bertz CT molecular complexity index is 1860. The summed E-state index contributed by atoms with van der Waals surface area (Å²) < 4.78 is 46.7. The highest BCUT2D eigenvalue weighted by Gasteiger charge is 2.56. The van der Waals surface area contributed by atoms with Crippen molar-refractivity contribution >= 4 is 68.1 Å². The number of methoxy groups -OCH3 is 1. The molecule has 3 unspecified atom stereocenters. The molecule has 14 heteroatoms. The molecule has 0 spiro atoms. The zero-order valence-electron chi connectivity index (χ0n) is 22.6.